The molecule has 1 aliphatic rings. The molecular weight excluding hydrogens is 274 g/mol. The molecule has 20 heavy (non-hydrogen) atoms. The van der Waals surface area contributed by atoms with Gasteiger partial charge in [-0.2, -0.15) is 0 Å². The van der Waals surface area contributed by atoms with Crippen LogP contribution in [0.25, 0.3) is 0 Å². The molecule has 2 heterocycles. The second-order valence-corrected chi connectivity index (χ2v) is 6.52. The Bertz CT molecular complexity index is 499. The van der Waals surface area contributed by atoms with Gasteiger partial charge in [0.25, 0.3) is 0 Å². The number of aromatic nitrogens is 1. The zero-order valence-electron chi connectivity index (χ0n) is 12.3. The number of hydrogen-bond acceptors (Lipinski definition) is 4. The number of hydrogen-bond donors (Lipinski definition) is 1. The first-order chi connectivity index (χ1) is 9.39. The van der Waals surface area contributed by atoms with Crippen LogP contribution in [-0.4, -0.2) is 33.8 Å². The first kappa shape index (κ1) is 15.0. The van der Waals surface area contributed by atoms with Crippen LogP contribution in [0.4, 0.5) is 0 Å². The van der Waals surface area contributed by atoms with Crippen molar-refractivity contribution in [2.75, 3.05) is 0 Å². The van der Waals surface area contributed by atoms with E-state index in [1.54, 1.807) is 18.0 Å². The minimum atomic E-state index is -0.575. The van der Waals surface area contributed by atoms with E-state index in [4.69, 9.17) is 0 Å². The van der Waals surface area contributed by atoms with E-state index in [2.05, 4.69) is 10.3 Å². The van der Waals surface area contributed by atoms with Crippen LogP contribution in [-0.2, 0) is 15.1 Å². The van der Waals surface area contributed by atoms with E-state index in [0.717, 1.165) is 11.4 Å². The predicted octanol–water partition coefficient (Wildman–Crippen LogP) is 1.89. The molecule has 0 saturated carbocycles. The van der Waals surface area contributed by atoms with Crippen molar-refractivity contribution in [3.05, 3.63) is 16.6 Å². The minimum Gasteiger partial charge on any atom is -0.343 e. The highest BCUT2D eigenvalue weighted by molar-refractivity contribution is 7.09. The van der Waals surface area contributed by atoms with Crippen LogP contribution in [0.1, 0.15) is 45.5 Å². The average Bonchev–Trinajstić information content (AvgIpc) is 2.90. The van der Waals surface area contributed by atoms with Gasteiger partial charge in [0, 0.05) is 11.6 Å². The Morgan fingerprint density at radius 2 is 2.15 bits per heavy atom. The molecule has 0 radical (unpaired) electrons. The summed E-state index contributed by atoms with van der Waals surface area (Å²) >= 11 is 1.51. The van der Waals surface area contributed by atoms with E-state index in [1.807, 2.05) is 26.2 Å². The molecule has 1 fully saturated rings. The Morgan fingerprint density at radius 3 is 2.70 bits per heavy atom. The quantitative estimate of drug-likeness (QED) is 0.922. The third-order valence-electron chi connectivity index (χ3n) is 3.75. The normalized spacial score (nSPS) is 23.9. The number of nitrogens with zero attached hydrogens (tertiary/aromatic N) is 2. The molecule has 0 bridgehead atoms. The van der Waals surface area contributed by atoms with Gasteiger partial charge in [-0.1, -0.05) is 13.3 Å². The monoisotopic (exact) mass is 295 g/mol. The van der Waals surface area contributed by atoms with E-state index in [-0.39, 0.29) is 11.8 Å². The van der Waals surface area contributed by atoms with Crippen LogP contribution in [0.2, 0.25) is 0 Å². The molecule has 2 atom stereocenters. The average molecular weight is 295 g/mol. The third kappa shape index (κ3) is 2.44. The van der Waals surface area contributed by atoms with Crippen molar-refractivity contribution in [3.63, 3.8) is 0 Å². The second kappa shape index (κ2) is 5.52. The number of thiazole rings is 1. The number of amides is 2. The molecule has 110 valence electrons. The lowest BCUT2D eigenvalue weighted by Crippen LogP contribution is -2.66. The van der Waals surface area contributed by atoms with E-state index in [9.17, 15) is 9.59 Å². The predicted molar refractivity (Wildman–Crippen MR) is 78.3 cm³/mol. The van der Waals surface area contributed by atoms with Crippen molar-refractivity contribution in [3.8, 4) is 0 Å². The minimum absolute atomic E-state index is 0.0147. The number of carbonyl (C=O) groups excluding carboxylic acids is 2. The Labute approximate surface area is 123 Å². The Morgan fingerprint density at radius 1 is 1.45 bits per heavy atom. The van der Waals surface area contributed by atoms with Crippen LogP contribution in [0.3, 0.4) is 0 Å². The summed E-state index contributed by atoms with van der Waals surface area (Å²) in [7, 11) is 0. The third-order valence-corrected chi connectivity index (χ3v) is 4.84. The van der Waals surface area contributed by atoms with Crippen LogP contribution in [0.15, 0.2) is 11.6 Å². The lowest BCUT2D eigenvalue weighted by Gasteiger charge is -2.45. The van der Waals surface area contributed by atoms with Gasteiger partial charge in [0.2, 0.25) is 11.8 Å². The van der Waals surface area contributed by atoms with Gasteiger partial charge in [0.15, 0.2) is 0 Å². The summed E-state index contributed by atoms with van der Waals surface area (Å²) in [5.41, 5.74) is -0.575. The van der Waals surface area contributed by atoms with Gasteiger partial charge in [-0.25, -0.2) is 4.98 Å². The van der Waals surface area contributed by atoms with Crippen molar-refractivity contribution in [2.24, 2.45) is 0 Å². The van der Waals surface area contributed by atoms with Gasteiger partial charge in [-0.3, -0.25) is 9.59 Å². The molecule has 2 amide bonds. The molecule has 2 rings (SSSR count). The molecule has 0 spiro atoms. The highest BCUT2D eigenvalue weighted by Crippen LogP contribution is 2.33. The van der Waals surface area contributed by atoms with Crippen LogP contribution in [0, 0.1) is 0 Å². The standard InChI is InChI=1S/C14H21N3O2S/c1-5-6-10-12(19)17(9(2)11(18)16-10)14(3,4)13-15-7-8-20-13/h7-10H,5-6H2,1-4H3,(H,16,18). The molecule has 5 nitrogen and oxygen atoms in total. The van der Waals surface area contributed by atoms with Crippen molar-refractivity contribution in [1.82, 2.24) is 15.2 Å². The lowest BCUT2D eigenvalue weighted by molar-refractivity contribution is -0.155. The summed E-state index contributed by atoms with van der Waals surface area (Å²) in [5.74, 6) is -0.105. The number of rotatable bonds is 4. The van der Waals surface area contributed by atoms with Gasteiger partial charge in [0.1, 0.15) is 17.1 Å². The number of nitrogens with one attached hydrogen (secondary N) is 1. The zero-order valence-corrected chi connectivity index (χ0v) is 13.2. The fraction of sp³-hybridized carbons (Fsp3) is 0.643. The Kier molecular flexibility index (Phi) is 4.13. The van der Waals surface area contributed by atoms with Crippen molar-refractivity contribution >= 4 is 23.2 Å². The van der Waals surface area contributed by atoms with Crippen LogP contribution in [0.5, 0.6) is 0 Å². The van der Waals surface area contributed by atoms with E-state index >= 15 is 0 Å². The topological polar surface area (TPSA) is 62.3 Å². The Hall–Kier alpha value is -1.43. The fourth-order valence-corrected chi connectivity index (χ4v) is 3.46. The summed E-state index contributed by atoms with van der Waals surface area (Å²) in [5, 5.41) is 5.56. The SMILES string of the molecule is CCCC1NC(=O)C(C)N(C(C)(C)c2nccs2)C1=O. The molecule has 1 saturated heterocycles. The van der Waals surface area contributed by atoms with E-state index < -0.39 is 17.6 Å². The molecular formula is C14H21N3O2S. The molecule has 2 unspecified atom stereocenters. The summed E-state index contributed by atoms with van der Waals surface area (Å²) in [6.07, 6.45) is 3.25. The molecule has 0 aliphatic carbocycles. The highest BCUT2D eigenvalue weighted by atomic mass is 32.1. The van der Waals surface area contributed by atoms with Gasteiger partial charge in [-0.15, -0.1) is 11.3 Å². The van der Waals surface area contributed by atoms with Gasteiger partial charge >= 0.3 is 0 Å². The van der Waals surface area contributed by atoms with E-state index in [1.165, 1.54) is 11.3 Å². The van der Waals surface area contributed by atoms with E-state index in [0.29, 0.717) is 6.42 Å². The second-order valence-electron chi connectivity index (χ2n) is 5.63. The molecule has 1 aromatic heterocycles. The lowest BCUT2D eigenvalue weighted by atomic mass is 9.95. The molecule has 1 aromatic rings. The smallest absolute Gasteiger partial charge is 0.246 e. The number of carbonyl (C=O) groups is 2. The van der Waals surface area contributed by atoms with Crippen molar-refractivity contribution in [1.29, 1.82) is 0 Å². The van der Waals surface area contributed by atoms with Crippen LogP contribution < -0.4 is 5.32 Å². The molecule has 0 aromatic carbocycles. The summed E-state index contributed by atoms with van der Waals surface area (Å²) in [6.45, 7) is 7.67. The number of piperazine rings is 1. The summed E-state index contributed by atoms with van der Waals surface area (Å²) in [6, 6.07) is -0.891. The molecule has 1 N–H and O–H groups in total. The largest absolute Gasteiger partial charge is 0.343 e. The van der Waals surface area contributed by atoms with Gasteiger partial charge < -0.3 is 10.2 Å². The van der Waals surface area contributed by atoms with Crippen molar-refractivity contribution in [2.45, 2.75) is 58.2 Å². The zero-order chi connectivity index (χ0) is 14.9. The molecule has 6 heteroatoms. The van der Waals surface area contributed by atoms with Crippen molar-refractivity contribution < 1.29 is 9.59 Å². The summed E-state index contributed by atoms with van der Waals surface area (Å²) < 4.78 is 0. The maximum Gasteiger partial charge on any atom is 0.246 e. The summed E-state index contributed by atoms with van der Waals surface area (Å²) in [4.78, 5) is 30.8. The first-order valence-electron chi connectivity index (χ1n) is 6.93. The maximum absolute atomic E-state index is 12.7. The Balaban J connectivity index is 2.36. The van der Waals surface area contributed by atoms with Gasteiger partial charge in [0.05, 0.1) is 5.54 Å². The van der Waals surface area contributed by atoms with Crippen LogP contribution >= 0.6 is 11.3 Å². The maximum atomic E-state index is 12.7. The fourth-order valence-electron chi connectivity index (χ4n) is 2.70. The van der Waals surface area contributed by atoms with Gasteiger partial charge in [-0.05, 0) is 27.2 Å². The highest BCUT2D eigenvalue weighted by Gasteiger charge is 2.46. The first-order valence-corrected chi connectivity index (χ1v) is 7.81. The molecule has 1 aliphatic heterocycles.